The molecular formula is C16H16N4O. The molecule has 0 N–H and O–H groups in total. The van der Waals surface area contributed by atoms with Crippen LogP contribution in [0.4, 0.5) is 0 Å². The molecule has 3 heterocycles. The van der Waals surface area contributed by atoms with E-state index in [9.17, 15) is 0 Å². The molecule has 21 heavy (non-hydrogen) atoms. The van der Waals surface area contributed by atoms with Gasteiger partial charge in [-0.05, 0) is 25.1 Å². The Kier molecular flexibility index (Phi) is 3.91. The Morgan fingerprint density at radius 1 is 1.00 bits per heavy atom. The number of hydrogen-bond acceptors (Lipinski definition) is 4. The zero-order chi connectivity index (χ0) is 14.5. The molecule has 3 rings (SSSR count). The van der Waals surface area contributed by atoms with Gasteiger partial charge < -0.3 is 9.30 Å². The number of pyridine rings is 2. The van der Waals surface area contributed by atoms with Crippen molar-refractivity contribution in [2.24, 2.45) is 0 Å². The first-order chi connectivity index (χ1) is 10.4. The average molecular weight is 280 g/mol. The molecule has 0 saturated carbocycles. The van der Waals surface area contributed by atoms with E-state index in [0.717, 1.165) is 17.1 Å². The lowest BCUT2D eigenvalue weighted by Crippen LogP contribution is -2.05. The van der Waals surface area contributed by atoms with Crippen LogP contribution in [0.2, 0.25) is 0 Å². The largest absolute Gasteiger partial charge is 0.478 e. The second kappa shape index (κ2) is 6.17. The topological polar surface area (TPSA) is 52.8 Å². The molecule has 0 spiro atoms. The smallest absolute Gasteiger partial charge is 0.218 e. The van der Waals surface area contributed by atoms with Crippen LogP contribution in [0.15, 0.2) is 55.1 Å². The van der Waals surface area contributed by atoms with E-state index < -0.39 is 0 Å². The molecule has 0 aliphatic carbocycles. The van der Waals surface area contributed by atoms with Gasteiger partial charge in [0.2, 0.25) is 5.88 Å². The summed E-state index contributed by atoms with van der Waals surface area (Å²) in [6.45, 7) is 3.20. The van der Waals surface area contributed by atoms with E-state index in [0.29, 0.717) is 19.0 Å². The van der Waals surface area contributed by atoms with E-state index in [1.165, 1.54) is 0 Å². The first-order valence-corrected chi connectivity index (χ1v) is 6.87. The molecule has 0 aliphatic heterocycles. The monoisotopic (exact) mass is 280 g/mol. The minimum atomic E-state index is 0.598. The van der Waals surface area contributed by atoms with Crippen LogP contribution in [0.25, 0.3) is 11.5 Å². The standard InChI is InChI=1S/C16H16N4O/c1-2-21-16-13(6-5-9-19-16)12-20-11-10-18-15(20)14-7-3-4-8-17-14/h3-11H,2,12H2,1H3. The molecule has 0 fully saturated rings. The number of rotatable bonds is 5. The maximum Gasteiger partial charge on any atom is 0.218 e. The van der Waals surface area contributed by atoms with Crippen molar-refractivity contribution >= 4 is 0 Å². The Balaban J connectivity index is 1.92. The highest BCUT2D eigenvalue weighted by molar-refractivity contribution is 5.49. The second-order valence-corrected chi connectivity index (χ2v) is 4.49. The lowest BCUT2D eigenvalue weighted by Gasteiger charge is -2.11. The molecule has 0 radical (unpaired) electrons. The zero-order valence-electron chi connectivity index (χ0n) is 11.8. The van der Waals surface area contributed by atoms with E-state index in [1.54, 1.807) is 18.6 Å². The van der Waals surface area contributed by atoms with Crippen LogP contribution in [0.1, 0.15) is 12.5 Å². The van der Waals surface area contributed by atoms with E-state index in [-0.39, 0.29) is 0 Å². The fraction of sp³-hybridized carbons (Fsp3) is 0.188. The molecule has 0 unspecified atom stereocenters. The fourth-order valence-electron chi connectivity index (χ4n) is 2.16. The fourth-order valence-corrected chi connectivity index (χ4v) is 2.16. The van der Waals surface area contributed by atoms with Crippen molar-refractivity contribution in [2.45, 2.75) is 13.5 Å². The van der Waals surface area contributed by atoms with Crippen LogP contribution in [0, 0.1) is 0 Å². The van der Waals surface area contributed by atoms with Crippen molar-refractivity contribution in [3.8, 4) is 17.4 Å². The predicted molar refractivity (Wildman–Crippen MR) is 80.0 cm³/mol. The van der Waals surface area contributed by atoms with Gasteiger partial charge in [-0.2, -0.15) is 0 Å². The number of nitrogens with zero attached hydrogens (tertiary/aromatic N) is 4. The van der Waals surface area contributed by atoms with Crippen molar-refractivity contribution in [2.75, 3.05) is 6.61 Å². The summed E-state index contributed by atoms with van der Waals surface area (Å²) in [4.78, 5) is 13.0. The highest BCUT2D eigenvalue weighted by Crippen LogP contribution is 2.20. The van der Waals surface area contributed by atoms with Gasteiger partial charge in [-0.25, -0.2) is 9.97 Å². The third kappa shape index (κ3) is 2.91. The molecule has 106 valence electrons. The van der Waals surface area contributed by atoms with Gasteiger partial charge in [0.1, 0.15) is 5.69 Å². The van der Waals surface area contributed by atoms with Crippen LogP contribution in [0.3, 0.4) is 0 Å². The molecule has 3 aromatic rings. The molecule has 5 nitrogen and oxygen atoms in total. The van der Waals surface area contributed by atoms with E-state index in [2.05, 4.69) is 15.0 Å². The molecular weight excluding hydrogens is 264 g/mol. The average Bonchev–Trinajstić information content (AvgIpc) is 2.99. The van der Waals surface area contributed by atoms with Crippen molar-refractivity contribution in [3.63, 3.8) is 0 Å². The van der Waals surface area contributed by atoms with E-state index in [4.69, 9.17) is 4.74 Å². The number of aromatic nitrogens is 4. The lowest BCUT2D eigenvalue weighted by atomic mass is 10.2. The van der Waals surface area contributed by atoms with Crippen LogP contribution in [-0.4, -0.2) is 26.1 Å². The van der Waals surface area contributed by atoms with Gasteiger partial charge >= 0.3 is 0 Å². The molecule has 0 amide bonds. The van der Waals surface area contributed by atoms with Crippen molar-refractivity contribution in [1.82, 2.24) is 19.5 Å². The van der Waals surface area contributed by atoms with Gasteiger partial charge in [-0.1, -0.05) is 12.1 Å². The van der Waals surface area contributed by atoms with Crippen LogP contribution >= 0.6 is 0 Å². The Labute approximate surface area is 123 Å². The Morgan fingerprint density at radius 2 is 1.90 bits per heavy atom. The minimum absolute atomic E-state index is 0.598. The Morgan fingerprint density at radius 3 is 2.71 bits per heavy atom. The van der Waals surface area contributed by atoms with E-state index in [1.807, 2.05) is 48.0 Å². The van der Waals surface area contributed by atoms with E-state index >= 15 is 0 Å². The lowest BCUT2D eigenvalue weighted by molar-refractivity contribution is 0.322. The molecule has 3 aromatic heterocycles. The zero-order valence-corrected chi connectivity index (χ0v) is 11.8. The third-order valence-electron chi connectivity index (χ3n) is 3.08. The molecule has 0 saturated heterocycles. The van der Waals surface area contributed by atoms with Gasteiger partial charge in [0, 0.05) is 30.4 Å². The molecule has 0 aliphatic rings. The highest BCUT2D eigenvalue weighted by atomic mass is 16.5. The number of hydrogen-bond donors (Lipinski definition) is 0. The molecule has 0 bridgehead atoms. The van der Waals surface area contributed by atoms with Crippen LogP contribution in [0.5, 0.6) is 5.88 Å². The SMILES string of the molecule is CCOc1ncccc1Cn1ccnc1-c1ccccn1. The van der Waals surface area contributed by atoms with Crippen LogP contribution in [-0.2, 0) is 6.54 Å². The summed E-state index contributed by atoms with van der Waals surface area (Å²) < 4.78 is 7.61. The van der Waals surface area contributed by atoms with Crippen molar-refractivity contribution in [1.29, 1.82) is 0 Å². The summed E-state index contributed by atoms with van der Waals surface area (Å²) in [6, 6.07) is 9.73. The van der Waals surface area contributed by atoms with Gasteiger partial charge in [0.25, 0.3) is 0 Å². The second-order valence-electron chi connectivity index (χ2n) is 4.49. The first kappa shape index (κ1) is 13.3. The summed E-state index contributed by atoms with van der Waals surface area (Å²) >= 11 is 0. The number of ether oxygens (including phenoxy) is 1. The summed E-state index contributed by atoms with van der Waals surface area (Å²) in [5.41, 5.74) is 1.87. The maximum absolute atomic E-state index is 5.57. The van der Waals surface area contributed by atoms with Gasteiger partial charge in [-0.3, -0.25) is 4.98 Å². The third-order valence-corrected chi connectivity index (χ3v) is 3.08. The first-order valence-electron chi connectivity index (χ1n) is 6.87. The summed E-state index contributed by atoms with van der Waals surface area (Å²) in [5, 5.41) is 0. The highest BCUT2D eigenvalue weighted by Gasteiger charge is 2.10. The predicted octanol–water partition coefficient (Wildman–Crippen LogP) is 2.79. The molecule has 0 atom stereocenters. The minimum Gasteiger partial charge on any atom is -0.478 e. The van der Waals surface area contributed by atoms with Crippen molar-refractivity contribution < 1.29 is 4.74 Å². The van der Waals surface area contributed by atoms with Crippen LogP contribution < -0.4 is 4.74 Å². The molecule has 5 heteroatoms. The van der Waals surface area contributed by atoms with Gasteiger partial charge in [0.05, 0.1) is 13.2 Å². The quantitative estimate of drug-likeness (QED) is 0.721. The summed E-state index contributed by atoms with van der Waals surface area (Å²) in [6.07, 6.45) is 7.22. The van der Waals surface area contributed by atoms with Crippen molar-refractivity contribution in [3.05, 3.63) is 60.7 Å². The summed E-state index contributed by atoms with van der Waals surface area (Å²) in [7, 11) is 0. The Hall–Kier alpha value is -2.69. The number of imidazole rings is 1. The summed E-state index contributed by atoms with van der Waals surface area (Å²) in [5.74, 6) is 1.50. The normalized spacial score (nSPS) is 10.5. The maximum atomic E-state index is 5.57. The van der Waals surface area contributed by atoms with Gasteiger partial charge in [-0.15, -0.1) is 0 Å². The van der Waals surface area contributed by atoms with Gasteiger partial charge in [0.15, 0.2) is 5.82 Å². The molecule has 0 aromatic carbocycles. The Bertz CT molecular complexity index is 709.